The molecule has 0 aromatic carbocycles. The highest BCUT2D eigenvalue weighted by atomic mass is 79.9. The van der Waals surface area contributed by atoms with E-state index in [1.807, 2.05) is 12.1 Å². The van der Waals surface area contributed by atoms with Gasteiger partial charge in [-0.25, -0.2) is 0 Å². The molecule has 2 rings (SSSR count). The monoisotopic (exact) mass is 369 g/mol. The molecule has 20 heavy (non-hydrogen) atoms. The van der Waals surface area contributed by atoms with Crippen molar-refractivity contribution in [2.24, 2.45) is 11.8 Å². The van der Waals surface area contributed by atoms with Gasteiger partial charge >= 0.3 is 6.18 Å². The third-order valence-corrected chi connectivity index (χ3v) is 5.20. The molecule has 1 aromatic heterocycles. The predicted molar refractivity (Wildman–Crippen MR) is 75.4 cm³/mol. The van der Waals surface area contributed by atoms with E-state index in [4.69, 9.17) is 0 Å². The summed E-state index contributed by atoms with van der Waals surface area (Å²) in [7, 11) is 0. The van der Waals surface area contributed by atoms with Crippen LogP contribution in [0.2, 0.25) is 0 Å². The van der Waals surface area contributed by atoms with Crippen molar-refractivity contribution in [2.45, 2.75) is 38.4 Å². The van der Waals surface area contributed by atoms with Gasteiger partial charge in [0, 0.05) is 10.8 Å². The van der Waals surface area contributed by atoms with Gasteiger partial charge in [-0.1, -0.05) is 6.42 Å². The third-order valence-electron chi connectivity index (χ3n) is 3.57. The van der Waals surface area contributed by atoms with E-state index in [1.54, 1.807) is 0 Å². The first-order chi connectivity index (χ1) is 9.36. The van der Waals surface area contributed by atoms with Crippen LogP contribution in [0.1, 0.15) is 30.6 Å². The van der Waals surface area contributed by atoms with E-state index in [-0.39, 0.29) is 18.7 Å². The van der Waals surface area contributed by atoms with Crippen LogP contribution in [0, 0.1) is 11.8 Å². The maximum atomic E-state index is 12.7. The number of thiophene rings is 1. The number of carbonyl (C=O) groups excluding carboxylic acids is 1. The second-order valence-electron chi connectivity index (χ2n) is 5.03. The number of hydrogen-bond acceptors (Lipinski definition) is 2. The molecule has 0 radical (unpaired) electrons. The zero-order valence-electron chi connectivity index (χ0n) is 10.7. The molecule has 2 nitrogen and oxygen atoms in total. The molecule has 0 aliphatic heterocycles. The highest BCUT2D eigenvalue weighted by Gasteiger charge is 2.43. The molecular weight excluding hydrogens is 355 g/mol. The number of alkyl halides is 3. The fraction of sp³-hybridized carbons (Fsp3) is 0.615. The topological polar surface area (TPSA) is 29.1 Å². The van der Waals surface area contributed by atoms with Crippen molar-refractivity contribution in [1.29, 1.82) is 0 Å². The number of amides is 1. The minimum absolute atomic E-state index is 0.0799. The Labute approximate surface area is 127 Å². The van der Waals surface area contributed by atoms with Crippen molar-refractivity contribution >= 4 is 33.2 Å². The Hall–Kier alpha value is -0.560. The Bertz CT molecular complexity index is 474. The summed E-state index contributed by atoms with van der Waals surface area (Å²) >= 11 is 4.83. The molecule has 7 heteroatoms. The minimum atomic E-state index is -4.18. The van der Waals surface area contributed by atoms with E-state index in [0.29, 0.717) is 19.4 Å². The first-order valence-electron chi connectivity index (χ1n) is 6.45. The summed E-state index contributed by atoms with van der Waals surface area (Å²) in [6.45, 7) is 0.377. The van der Waals surface area contributed by atoms with Gasteiger partial charge in [0.05, 0.1) is 16.2 Å². The van der Waals surface area contributed by atoms with Crippen LogP contribution >= 0.6 is 27.3 Å². The lowest BCUT2D eigenvalue weighted by Crippen LogP contribution is -2.37. The van der Waals surface area contributed by atoms with Gasteiger partial charge in [0.15, 0.2) is 0 Å². The quantitative estimate of drug-likeness (QED) is 0.834. The number of carbonyl (C=O) groups is 1. The summed E-state index contributed by atoms with van der Waals surface area (Å²) in [5, 5.41) is 2.74. The summed E-state index contributed by atoms with van der Waals surface area (Å²) in [6, 6.07) is 3.76. The molecule has 2 atom stereocenters. The number of hydrogen-bond donors (Lipinski definition) is 1. The van der Waals surface area contributed by atoms with Crippen molar-refractivity contribution in [3.63, 3.8) is 0 Å². The van der Waals surface area contributed by atoms with Crippen molar-refractivity contribution in [3.8, 4) is 0 Å². The first kappa shape index (κ1) is 15.8. The van der Waals surface area contributed by atoms with Gasteiger partial charge in [0.2, 0.25) is 5.91 Å². The highest BCUT2D eigenvalue weighted by Crippen LogP contribution is 2.39. The van der Waals surface area contributed by atoms with Crippen LogP contribution in [0.4, 0.5) is 13.2 Å². The lowest BCUT2D eigenvalue weighted by molar-refractivity contribution is -0.186. The van der Waals surface area contributed by atoms with Gasteiger partial charge in [0.25, 0.3) is 0 Å². The van der Waals surface area contributed by atoms with Gasteiger partial charge in [-0.05, 0) is 47.3 Å². The second-order valence-corrected chi connectivity index (χ2v) is 7.57. The average Bonchev–Trinajstić information content (AvgIpc) is 2.81. The van der Waals surface area contributed by atoms with Crippen molar-refractivity contribution in [2.75, 3.05) is 0 Å². The maximum absolute atomic E-state index is 12.7. The molecule has 1 fully saturated rings. The van der Waals surface area contributed by atoms with Crippen LogP contribution in [0.5, 0.6) is 0 Å². The Morgan fingerprint density at radius 1 is 1.40 bits per heavy atom. The Morgan fingerprint density at radius 2 is 2.15 bits per heavy atom. The molecule has 1 saturated carbocycles. The molecule has 1 aromatic rings. The molecule has 2 unspecified atom stereocenters. The van der Waals surface area contributed by atoms with Crippen molar-refractivity contribution in [3.05, 3.63) is 20.8 Å². The molecule has 0 bridgehead atoms. The Kier molecular flexibility index (Phi) is 5.12. The largest absolute Gasteiger partial charge is 0.391 e. The van der Waals surface area contributed by atoms with E-state index < -0.39 is 18.0 Å². The zero-order valence-corrected chi connectivity index (χ0v) is 13.1. The van der Waals surface area contributed by atoms with Gasteiger partial charge in [-0.2, -0.15) is 13.2 Å². The fourth-order valence-electron chi connectivity index (χ4n) is 2.49. The molecule has 1 aliphatic rings. The predicted octanol–water partition coefficient (Wildman–Crippen LogP) is 4.50. The third kappa shape index (κ3) is 4.22. The van der Waals surface area contributed by atoms with E-state index in [2.05, 4.69) is 21.2 Å². The van der Waals surface area contributed by atoms with Crippen LogP contribution in [-0.4, -0.2) is 12.1 Å². The summed E-state index contributed by atoms with van der Waals surface area (Å²) in [6.07, 6.45) is -3.11. The zero-order chi connectivity index (χ0) is 14.8. The van der Waals surface area contributed by atoms with Crippen LogP contribution in [0.3, 0.4) is 0 Å². The highest BCUT2D eigenvalue weighted by molar-refractivity contribution is 9.11. The Morgan fingerprint density at radius 3 is 2.75 bits per heavy atom. The van der Waals surface area contributed by atoms with E-state index >= 15 is 0 Å². The van der Waals surface area contributed by atoms with Gasteiger partial charge in [0.1, 0.15) is 0 Å². The lowest BCUT2D eigenvalue weighted by Gasteiger charge is -2.29. The normalized spacial score (nSPS) is 23.6. The van der Waals surface area contributed by atoms with Crippen LogP contribution < -0.4 is 5.32 Å². The summed E-state index contributed by atoms with van der Waals surface area (Å²) in [4.78, 5) is 12.9. The van der Waals surface area contributed by atoms with Gasteiger partial charge in [-0.15, -0.1) is 11.3 Å². The van der Waals surface area contributed by atoms with Gasteiger partial charge in [-0.3, -0.25) is 4.79 Å². The smallest absolute Gasteiger partial charge is 0.351 e. The van der Waals surface area contributed by atoms with Gasteiger partial charge < -0.3 is 5.32 Å². The summed E-state index contributed by atoms with van der Waals surface area (Å²) in [5.74, 6) is -2.11. The number of rotatable bonds is 3. The SMILES string of the molecule is O=C(NCc1ccc(Br)s1)C1CCCC(C(F)(F)F)C1. The second kappa shape index (κ2) is 6.47. The molecule has 1 N–H and O–H groups in total. The van der Waals surface area contributed by atoms with Crippen molar-refractivity contribution < 1.29 is 18.0 Å². The molecule has 0 spiro atoms. The molecule has 1 aliphatic carbocycles. The molecule has 112 valence electrons. The van der Waals surface area contributed by atoms with Crippen LogP contribution in [0.25, 0.3) is 0 Å². The number of nitrogens with one attached hydrogen (secondary N) is 1. The summed E-state index contributed by atoms with van der Waals surface area (Å²) in [5.41, 5.74) is 0. The average molecular weight is 370 g/mol. The fourth-order valence-corrected chi connectivity index (χ4v) is 3.91. The van der Waals surface area contributed by atoms with E-state index in [9.17, 15) is 18.0 Å². The number of halogens is 4. The molecule has 1 heterocycles. The Balaban J connectivity index is 1.86. The molecular formula is C13H15BrF3NOS. The van der Waals surface area contributed by atoms with Crippen molar-refractivity contribution in [1.82, 2.24) is 5.32 Å². The van der Waals surface area contributed by atoms with Crippen LogP contribution in [0.15, 0.2) is 15.9 Å². The molecule has 1 amide bonds. The standard InChI is InChI=1S/C13H15BrF3NOS/c14-11-5-4-10(20-11)7-18-12(19)8-2-1-3-9(6-8)13(15,16)17/h4-5,8-9H,1-3,6-7H2,(H,18,19). The summed E-state index contributed by atoms with van der Waals surface area (Å²) < 4.78 is 39.1. The van der Waals surface area contributed by atoms with E-state index in [1.165, 1.54) is 11.3 Å². The minimum Gasteiger partial charge on any atom is -0.351 e. The maximum Gasteiger partial charge on any atom is 0.391 e. The van der Waals surface area contributed by atoms with E-state index in [0.717, 1.165) is 8.66 Å². The first-order valence-corrected chi connectivity index (χ1v) is 8.06. The lowest BCUT2D eigenvalue weighted by atomic mass is 9.80. The molecule has 0 saturated heterocycles. The van der Waals surface area contributed by atoms with Crippen LogP contribution in [-0.2, 0) is 11.3 Å².